The van der Waals surface area contributed by atoms with E-state index in [1.807, 2.05) is 18.2 Å². The summed E-state index contributed by atoms with van der Waals surface area (Å²) in [5, 5.41) is 0.777. The van der Waals surface area contributed by atoms with Gasteiger partial charge in [0.2, 0.25) is 0 Å². The Hall–Kier alpha value is -2.84. The summed E-state index contributed by atoms with van der Waals surface area (Å²) in [6.07, 6.45) is 2.93. The lowest BCUT2D eigenvalue weighted by atomic mass is 10.0. The van der Waals surface area contributed by atoms with Gasteiger partial charge in [0.1, 0.15) is 6.10 Å². The number of nitrogens with zero attached hydrogens (tertiary/aromatic N) is 1. The highest BCUT2D eigenvalue weighted by molar-refractivity contribution is 6.35. The van der Waals surface area contributed by atoms with E-state index in [2.05, 4.69) is 4.98 Å². The minimum absolute atomic E-state index is 0.246. The molecule has 4 rings (SSSR count). The molecule has 1 atom stereocenters. The molecule has 0 radical (unpaired) electrons. The van der Waals surface area contributed by atoms with Gasteiger partial charge in [-0.15, -0.1) is 0 Å². The average Bonchev–Trinajstić information content (AvgIpc) is 3.38. The monoisotopic (exact) mass is 517 g/mol. The fraction of sp³-hybridized carbons (Fsp3) is 0.308. The van der Waals surface area contributed by atoms with Gasteiger partial charge in [-0.2, -0.15) is 0 Å². The highest BCUT2D eigenvalue weighted by Gasteiger charge is 2.23. The number of ether oxygens (including phenoxy) is 5. The first-order valence-electron chi connectivity index (χ1n) is 11.0. The maximum Gasteiger partial charge on any atom is 0.338 e. The molecule has 0 spiro atoms. The Morgan fingerprint density at radius 2 is 1.66 bits per heavy atom. The van der Waals surface area contributed by atoms with E-state index in [9.17, 15) is 4.79 Å². The molecule has 1 fully saturated rings. The number of hydrogen-bond acceptors (Lipinski definition) is 7. The van der Waals surface area contributed by atoms with E-state index in [1.165, 1.54) is 12.4 Å². The second kappa shape index (κ2) is 11.7. The Balaban J connectivity index is 1.57. The minimum Gasteiger partial charge on any atom is -0.493 e. The minimum atomic E-state index is -0.695. The first-order valence-corrected chi connectivity index (χ1v) is 11.8. The maximum absolute atomic E-state index is 13.1. The van der Waals surface area contributed by atoms with Gasteiger partial charge in [0.05, 0.1) is 43.0 Å². The molecule has 1 saturated heterocycles. The summed E-state index contributed by atoms with van der Waals surface area (Å²) in [7, 11) is 3.10. The summed E-state index contributed by atoms with van der Waals surface area (Å²) in [6, 6.07) is 12.5. The summed E-state index contributed by atoms with van der Waals surface area (Å²) in [5.74, 6) is 0.594. The standard InChI is InChI=1S/C26H25Cl2NO6/c1-31-22-8-7-18(12-24(22)32-2)23(13-19-20(27)14-29-15-21(19)28)35-26(30)17-5-3-16(4-6-17)11-25-33-9-10-34-25/h3-8,12,14-15,23,25H,9-11,13H2,1-2H3/t23-/m0/s1. The number of esters is 1. The highest BCUT2D eigenvalue weighted by atomic mass is 35.5. The second-order valence-electron chi connectivity index (χ2n) is 7.87. The quantitative estimate of drug-likeness (QED) is 0.348. The summed E-state index contributed by atoms with van der Waals surface area (Å²) in [5.41, 5.74) is 2.74. The van der Waals surface area contributed by atoms with Crippen molar-refractivity contribution < 1.29 is 28.5 Å². The average molecular weight is 518 g/mol. The summed E-state index contributed by atoms with van der Waals surface area (Å²) >= 11 is 12.7. The maximum atomic E-state index is 13.1. The van der Waals surface area contributed by atoms with E-state index >= 15 is 0 Å². The van der Waals surface area contributed by atoms with Crippen LogP contribution in [-0.4, -0.2) is 44.7 Å². The summed E-state index contributed by atoms with van der Waals surface area (Å²) < 4.78 is 27.7. The van der Waals surface area contributed by atoms with Gasteiger partial charge in [0.25, 0.3) is 0 Å². The van der Waals surface area contributed by atoms with Crippen molar-refractivity contribution in [3.8, 4) is 11.5 Å². The molecule has 0 saturated carbocycles. The van der Waals surface area contributed by atoms with Crippen molar-refractivity contribution in [1.82, 2.24) is 4.98 Å². The molecule has 9 heteroatoms. The molecule has 1 aliphatic heterocycles. The molecule has 0 unspecified atom stereocenters. The zero-order chi connectivity index (χ0) is 24.8. The number of pyridine rings is 1. The molecule has 1 aromatic heterocycles. The van der Waals surface area contributed by atoms with Crippen LogP contribution >= 0.6 is 23.2 Å². The fourth-order valence-electron chi connectivity index (χ4n) is 3.79. The molecule has 0 amide bonds. The lowest BCUT2D eigenvalue weighted by Crippen LogP contribution is -2.15. The van der Waals surface area contributed by atoms with Crippen LogP contribution in [0.3, 0.4) is 0 Å². The Morgan fingerprint density at radius 3 is 2.29 bits per heavy atom. The zero-order valence-electron chi connectivity index (χ0n) is 19.3. The molecule has 184 valence electrons. The molecule has 0 N–H and O–H groups in total. The van der Waals surface area contributed by atoms with Crippen molar-refractivity contribution >= 4 is 29.2 Å². The molecule has 3 aromatic rings. The SMILES string of the molecule is COc1ccc([C@H](Cc2c(Cl)cncc2Cl)OC(=O)c2ccc(CC3OCCO3)cc2)cc1OC. The van der Waals surface area contributed by atoms with Crippen LogP contribution in [0.5, 0.6) is 11.5 Å². The number of carbonyl (C=O) groups is 1. The zero-order valence-corrected chi connectivity index (χ0v) is 20.8. The van der Waals surface area contributed by atoms with E-state index in [-0.39, 0.29) is 12.7 Å². The van der Waals surface area contributed by atoms with Crippen molar-refractivity contribution in [2.45, 2.75) is 25.2 Å². The van der Waals surface area contributed by atoms with E-state index in [0.717, 1.165) is 5.56 Å². The van der Waals surface area contributed by atoms with Crippen LogP contribution in [0.2, 0.25) is 10.0 Å². The van der Waals surface area contributed by atoms with Gasteiger partial charge in [0.15, 0.2) is 17.8 Å². The van der Waals surface area contributed by atoms with E-state index in [1.54, 1.807) is 38.5 Å². The first-order chi connectivity index (χ1) is 17.0. The second-order valence-corrected chi connectivity index (χ2v) is 8.68. The lowest BCUT2D eigenvalue weighted by molar-refractivity contribution is -0.0399. The van der Waals surface area contributed by atoms with Gasteiger partial charge in [-0.3, -0.25) is 4.98 Å². The lowest BCUT2D eigenvalue weighted by Gasteiger charge is -2.21. The number of carbonyl (C=O) groups excluding carboxylic acids is 1. The highest BCUT2D eigenvalue weighted by Crippen LogP contribution is 2.35. The molecule has 35 heavy (non-hydrogen) atoms. The van der Waals surface area contributed by atoms with Gasteiger partial charge < -0.3 is 23.7 Å². The Morgan fingerprint density at radius 1 is 1.00 bits per heavy atom. The number of methoxy groups -OCH3 is 2. The molecule has 0 aliphatic carbocycles. The predicted octanol–water partition coefficient (Wildman–Crippen LogP) is 5.46. The summed E-state index contributed by atoms with van der Waals surface area (Å²) in [6.45, 7) is 1.19. The number of hydrogen-bond donors (Lipinski definition) is 0. The third-order valence-corrected chi connectivity index (χ3v) is 6.30. The van der Waals surface area contributed by atoms with Gasteiger partial charge in [-0.05, 0) is 41.0 Å². The van der Waals surface area contributed by atoms with Crippen molar-refractivity contribution in [1.29, 1.82) is 0 Å². The van der Waals surface area contributed by atoms with Gasteiger partial charge in [-0.25, -0.2) is 4.79 Å². The molecule has 2 aromatic carbocycles. The Kier molecular flexibility index (Phi) is 8.46. The normalized spacial score (nSPS) is 14.5. The third-order valence-electron chi connectivity index (χ3n) is 5.65. The largest absolute Gasteiger partial charge is 0.493 e. The number of aromatic nitrogens is 1. The molecule has 1 aliphatic rings. The smallest absolute Gasteiger partial charge is 0.338 e. The number of halogens is 2. The van der Waals surface area contributed by atoms with E-state index in [4.69, 9.17) is 46.9 Å². The van der Waals surface area contributed by atoms with Gasteiger partial charge >= 0.3 is 5.97 Å². The van der Waals surface area contributed by atoms with Crippen molar-refractivity contribution in [2.75, 3.05) is 27.4 Å². The van der Waals surface area contributed by atoms with Gasteiger partial charge in [-0.1, -0.05) is 41.4 Å². The molecule has 0 bridgehead atoms. The summed E-state index contributed by atoms with van der Waals surface area (Å²) in [4.78, 5) is 17.1. The predicted molar refractivity (Wildman–Crippen MR) is 132 cm³/mol. The number of rotatable bonds is 9. The first kappa shape index (κ1) is 25.3. The molecular formula is C26H25Cl2NO6. The Labute approximate surface area is 213 Å². The topological polar surface area (TPSA) is 76.1 Å². The van der Waals surface area contributed by atoms with Crippen LogP contribution in [0.4, 0.5) is 0 Å². The van der Waals surface area contributed by atoms with Crippen LogP contribution in [0.15, 0.2) is 54.9 Å². The van der Waals surface area contributed by atoms with Crippen LogP contribution in [0.1, 0.15) is 33.2 Å². The van der Waals surface area contributed by atoms with Crippen molar-refractivity contribution in [3.63, 3.8) is 0 Å². The number of benzene rings is 2. The third kappa shape index (κ3) is 6.24. The van der Waals surface area contributed by atoms with Crippen LogP contribution in [0.25, 0.3) is 0 Å². The van der Waals surface area contributed by atoms with Crippen LogP contribution < -0.4 is 9.47 Å². The van der Waals surface area contributed by atoms with Crippen LogP contribution in [-0.2, 0) is 27.1 Å². The fourth-order valence-corrected chi connectivity index (χ4v) is 4.31. The van der Waals surface area contributed by atoms with Crippen molar-refractivity contribution in [2.24, 2.45) is 0 Å². The van der Waals surface area contributed by atoms with Gasteiger partial charge in [0, 0.05) is 25.2 Å². The molecule has 7 nitrogen and oxygen atoms in total. The Bertz CT molecular complexity index is 1140. The van der Waals surface area contributed by atoms with E-state index in [0.29, 0.717) is 57.9 Å². The molecular weight excluding hydrogens is 493 g/mol. The van der Waals surface area contributed by atoms with Crippen LogP contribution in [0, 0.1) is 0 Å². The van der Waals surface area contributed by atoms with E-state index < -0.39 is 12.1 Å². The van der Waals surface area contributed by atoms with Crippen molar-refractivity contribution in [3.05, 3.63) is 87.2 Å². The molecule has 2 heterocycles.